The molecular formula is C18H29FN4. The first-order valence-corrected chi connectivity index (χ1v) is 8.96. The Balaban J connectivity index is 1.53. The summed E-state index contributed by atoms with van der Waals surface area (Å²) in [6.45, 7) is 11.1. The molecule has 0 aromatic carbocycles. The lowest BCUT2D eigenvalue weighted by Crippen LogP contribution is -2.50. The van der Waals surface area contributed by atoms with Crippen molar-refractivity contribution in [1.29, 1.82) is 0 Å². The van der Waals surface area contributed by atoms with E-state index in [-0.39, 0.29) is 5.82 Å². The second-order valence-electron chi connectivity index (χ2n) is 7.73. The Morgan fingerprint density at radius 2 is 1.78 bits per heavy atom. The average Bonchev–Trinajstić information content (AvgIpc) is 3.07. The topological polar surface area (TPSA) is 32.3 Å². The molecule has 2 fully saturated rings. The van der Waals surface area contributed by atoms with Crippen LogP contribution in [0.3, 0.4) is 0 Å². The van der Waals surface area contributed by atoms with Crippen molar-refractivity contribution in [2.45, 2.75) is 52.5 Å². The van der Waals surface area contributed by atoms with Gasteiger partial charge in [-0.1, -0.05) is 27.2 Å². The van der Waals surface area contributed by atoms with Crippen LogP contribution >= 0.6 is 0 Å². The standard InChI is InChI=1S/C18H29FN4/c1-4-18(2,3)14-5-6-16(11-14)22-7-9-23(10-8-22)17-20-12-15(19)13-21-17/h12-14,16H,4-11H2,1-3H3. The van der Waals surface area contributed by atoms with Crippen molar-refractivity contribution in [3.05, 3.63) is 18.2 Å². The number of hydrogen-bond acceptors (Lipinski definition) is 4. The zero-order valence-electron chi connectivity index (χ0n) is 14.6. The SMILES string of the molecule is CCC(C)(C)C1CCC(N2CCN(c3ncc(F)cn3)CC2)C1. The van der Waals surface area contributed by atoms with Gasteiger partial charge in [-0.3, -0.25) is 4.90 Å². The molecule has 1 aliphatic carbocycles. The van der Waals surface area contributed by atoms with Crippen LogP contribution in [-0.2, 0) is 0 Å². The highest BCUT2D eigenvalue weighted by atomic mass is 19.1. The van der Waals surface area contributed by atoms with Gasteiger partial charge in [0.05, 0.1) is 12.4 Å². The molecule has 128 valence electrons. The molecule has 0 spiro atoms. The first-order chi connectivity index (χ1) is 11.0. The van der Waals surface area contributed by atoms with Crippen LogP contribution in [0.1, 0.15) is 46.5 Å². The summed E-state index contributed by atoms with van der Waals surface area (Å²) in [6.07, 6.45) is 7.81. The van der Waals surface area contributed by atoms with Crippen molar-refractivity contribution in [2.24, 2.45) is 11.3 Å². The maximum absolute atomic E-state index is 12.9. The lowest BCUT2D eigenvalue weighted by Gasteiger charge is -2.38. The molecule has 2 unspecified atom stereocenters. The summed E-state index contributed by atoms with van der Waals surface area (Å²) < 4.78 is 12.9. The van der Waals surface area contributed by atoms with Crippen LogP contribution in [0.15, 0.2) is 12.4 Å². The molecule has 0 amide bonds. The van der Waals surface area contributed by atoms with Gasteiger partial charge in [0.25, 0.3) is 0 Å². The minimum absolute atomic E-state index is 0.372. The summed E-state index contributed by atoms with van der Waals surface area (Å²) in [6, 6.07) is 0.738. The van der Waals surface area contributed by atoms with Crippen LogP contribution in [0.4, 0.5) is 10.3 Å². The number of hydrogen-bond donors (Lipinski definition) is 0. The molecule has 1 saturated heterocycles. The zero-order chi connectivity index (χ0) is 16.4. The van der Waals surface area contributed by atoms with Crippen molar-refractivity contribution in [1.82, 2.24) is 14.9 Å². The molecule has 3 rings (SSSR count). The maximum Gasteiger partial charge on any atom is 0.225 e. The number of rotatable bonds is 4. The van der Waals surface area contributed by atoms with Crippen LogP contribution in [0.2, 0.25) is 0 Å². The molecule has 5 heteroatoms. The molecule has 0 N–H and O–H groups in total. The molecule has 1 saturated carbocycles. The number of halogens is 1. The smallest absolute Gasteiger partial charge is 0.225 e. The predicted octanol–water partition coefficient (Wildman–Crippen LogP) is 3.34. The molecule has 1 aromatic heterocycles. The Morgan fingerprint density at radius 1 is 1.13 bits per heavy atom. The second kappa shape index (κ2) is 6.71. The summed E-state index contributed by atoms with van der Waals surface area (Å²) in [5.74, 6) is 1.14. The molecule has 4 nitrogen and oxygen atoms in total. The molecule has 0 radical (unpaired) electrons. The van der Waals surface area contributed by atoms with E-state index < -0.39 is 0 Å². The Labute approximate surface area is 139 Å². The zero-order valence-corrected chi connectivity index (χ0v) is 14.6. The van der Waals surface area contributed by atoms with Crippen LogP contribution < -0.4 is 4.90 Å². The van der Waals surface area contributed by atoms with Crippen molar-refractivity contribution in [3.8, 4) is 0 Å². The summed E-state index contributed by atoms with van der Waals surface area (Å²) in [5, 5.41) is 0. The van der Waals surface area contributed by atoms with E-state index in [1.807, 2.05) is 0 Å². The summed E-state index contributed by atoms with van der Waals surface area (Å²) in [7, 11) is 0. The summed E-state index contributed by atoms with van der Waals surface area (Å²) in [4.78, 5) is 13.0. The fourth-order valence-electron chi connectivity index (χ4n) is 4.04. The largest absolute Gasteiger partial charge is 0.338 e. The molecule has 1 aromatic rings. The van der Waals surface area contributed by atoms with E-state index in [1.54, 1.807) is 0 Å². The molecule has 1 aliphatic heterocycles. The second-order valence-corrected chi connectivity index (χ2v) is 7.73. The third kappa shape index (κ3) is 3.65. The van der Waals surface area contributed by atoms with Crippen molar-refractivity contribution < 1.29 is 4.39 Å². The Morgan fingerprint density at radius 3 is 2.39 bits per heavy atom. The van der Waals surface area contributed by atoms with Gasteiger partial charge in [-0.25, -0.2) is 14.4 Å². The monoisotopic (exact) mass is 320 g/mol. The number of piperazine rings is 1. The van der Waals surface area contributed by atoms with E-state index in [4.69, 9.17) is 0 Å². The Hall–Kier alpha value is -1.23. The van der Waals surface area contributed by atoms with Gasteiger partial charge in [-0.05, 0) is 30.6 Å². The Bertz CT molecular complexity index is 508. The lowest BCUT2D eigenvalue weighted by molar-refractivity contribution is 0.158. The average molecular weight is 320 g/mol. The van der Waals surface area contributed by atoms with Gasteiger partial charge in [0.2, 0.25) is 5.95 Å². The van der Waals surface area contributed by atoms with Gasteiger partial charge in [-0.2, -0.15) is 0 Å². The third-order valence-electron chi connectivity index (χ3n) is 6.14. The van der Waals surface area contributed by atoms with Crippen LogP contribution in [0.25, 0.3) is 0 Å². The van der Waals surface area contributed by atoms with Crippen molar-refractivity contribution in [3.63, 3.8) is 0 Å². The minimum atomic E-state index is -0.372. The highest BCUT2D eigenvalue weighted by Gasteiger charge is 2.37. The van der Waals surface area contributed by atoms with E-state index in [2.05, 4.69) is 40.5 Å². The lowest BCUT2D eigenvalue weighted by atomic mass is 9.76. The van der Waals surface area contributed by atoms with Crippen LogP contribution in [-0.4, -0.2) is 47.1 Å². The van der Waals surface area contributed by atoms with Gasteiger partial charge in [0.15, 0.2) is 5.82 Å². The first-order valence-electron chi connectivity index (χ1n) is 8.96. The van der Waals surface area contributed by atoms with Crippen molar-refractivity contribution >= 4 is 5.95 Å². The van der Waals surface area contributed by atoms with E-state index >= 15 is 0 Å². The van der Waals surface area contributed by atoms with E-state index in [9.17, 15) is 4.39 Å². The normalized spacial score (nSPS) is 26.7. The molecule has 2 heterocycles. The third-order valence-corrected chi connectivity index (χ3v) is 6.14. The highest BCUT2D eigenvalue weighted by molar-refractivity contribution is 5.29. The molecule has 23 heavy (non-hydrogen) atoms. The number of aromatic nitrogens is 2. The summed E-state index contributed by atoms with van der Waals surface area (Å²) in [5.41, 5.74) is 0.471. The maximum atomic E-state index is 12.9. The van der Waals surface area contributed by atoms with Crippen LogP contribution in [0, 0.1) is 17.2 Å². The fraction of sp³-hybridized carbons (Fsp3) is 0.778. The van der Waals surface area contributed by atoms with E-state index in [0.29, 0.717) is 11.4 Å². The molecule has 2 aliphatic rings. The van der Waals surface area contributed by atoms with Crippen molar-refractivity contribution in [2.75, 3.05) is 31.1 Å². The van der Waals surface area contributed by atoms with Gasteiger partial charge in [-0.15, -0.1) is 0 Å². The summed E-state index contributed by atoms with van der Waals surface area (Å²) >= 11 is 0. The van der Waals surface area contributed by atoms with Gasteiger partial charge >= 0.3 is 0 Å². The van der Waals surface area contributed by atoms with E-state index in [0.717, 1.165) is 38.1 Å². The first kappa shape index (κ1) is 16.6. The predicted molar refractivity (Wildman–Crippen MR) is 91.0 cm³/mol. The van der Waals surface area contributed by atoms with E-state index in [1.165, 1.54) is 38.1 Å². The van der Waals surface area contributed by atoms with Gasteiger partial charge in [0.1, 0.15) is 0 Å². The molecular weight excluding hydrogens is 291 g/mol. The number of anilines is 1. The highest BCUT2D eigenvalue weighted by Crippen LogP contribution is 2.43. The van der Waals surface area contributed by atoms with Crippen LogP contribution in [0.5, 0.6) is 0 Å². The molecule has 0 bridgehead atoms. The van der Waals surface area contributed by atoms with Gasteiger partial charge < -0.3 is 4.90 Å². The fourth-order valence-corrected chi connectivity index (χ4v) is 4.04. The number of nitrogens with zero attached hydrogens (tertiary/aromatic N) is 4. The Kier molecular flexibility index (Phi) is 4.85. The minimum Gasteiger partial charge on any atom is -0.338 e. The quantitative estimate of drug-likeness (QED) is 0.852. The van der Waals surface area contributed by atoms with Gasteiger partial charge in [0, 0.05) is 32.2 Å². The molecule has 2 atom stereocenters.